The summed E-state index contributed by atoms with van der Waals surface area (Å²) in [5, 5.41) is 9.42. The van der Waals surface area contributed by atoms with Crippen LogP contribution in [-0.4, -0.2) is 22.2 Å². The highest BCUT2D eigenvalue weighted by Gasteiger charge is 2.54. The fourth-order valence-electron chi connectivity index (χ4n) is 3.43. The van der Waals surface area contributed by atoms with E-state index in [2.05, 4.69) is 18.7 Å². The number of carbonyl (C=O) groups is 1. The van der Waals surface area contributed by atoms with E-state index in [9.17, 15) is 9.90 Å². The summed E-state index contributed by atoms with van der Waals surface area (Å²) in [4.78, 5) is 13.7. The molecule has 1 heterocycles. The molecule has 0 amide bonds. The first-order valence-electron chi connectivity index (χ1n) is 6.35. The number of benzene rings is 1. The average molecular weight is 247 g/mol. The number of aliphatic carboxylic acids is 1. The highest BCUT2D eigenvalue weighted by molar-refractivity contribution is 5.75. The summed E-state index contributed by atoms with van der Waals surface area (Å²) in [6.07, 6.45) is 0.671. The predicted octanol–water partition coefficient (Wildman–Crippen LogP) is 3.15. The van der Waals surface area contributed by atoms with Gasteiger partial charge in [0, 0.05) is 16.8 Å². The Hall–Kier alpha value is -1.51. The molecule has 3 heteroatoms. The normalized spacial score (nSPS) is 25.1. The molecule has 1 aromatic carbocycles. The number of hydrogen-bond acceptors (Lipinski definition) is 2. The molecule has 1 unspecified atom stereocenters. The minimum atomic E-state index is -0.702. The van der Waals surface area contributed by atoms with E-state index >= 15 is 0 Å². The van der Waals surface area contributed by atoms with Crippen molar-refractivity contribution in [3.8, 4) is 0 Å². The van der Waals surface area contributed by atoms with E-state index in [1.165, 1.54) is 0 Å². The molecule has 0 aliphatic carbocycles. The molecule has 98 valence electrons. The fourth-order valence-corrected chi connectivity index (χ4v) is 3.43. The molecule has 1 aliphatic heterocycles. The topological polar surface area (TPSA) is 40.5 Å². The summed E-state index contributed by atoms with van der Waals surface area (Å²) < 4.78 is 0. The quantitative estimate of drug-likeness (QED) is 0.872. The molecule has 0 spiro atoms. The third-order valence-electron chi connectivity index (χ3n) is 4.05. The van der Waals surface area contributed by atoms with E-state index in [-0.39, 0.29) is 17.0 Å². The highest BCUT2D eigenvalue weighted by atomic mass is 16.4. The maximum Gasteiger partial charge on any atom is 0.308 e. The molecule has 0 radical (unpaired) electrons. The standard InChI is InChI=1S/C15H21NO2/c1-14(2)10-12(13(17)18)15(3,4)16(14)11-8-6-5-7-9-11/h5-9,12H,10H2,1-4H3,(H,17,18). The molecule has 1 atom stereocenters. The zero-order chi connectivity index (χ0) is 13.6. The zero-order valence-electron chi connectivity index (χ0n) is 11.5. The largest absolute Gasteiger partial charge is 0.481 e. The van der Waals surface area contributed by atoms with Gasteiger partial charge in [-0.3, -0.25) is 4.79 Å². The van der Waals surface area contributed by atoms with E-state index in [0.29, 0.717) is 6.42 Å². The van der Waals surface area contributed by atoms with Crippen molar-refractivity contribution in [2.45, 2.75) is 45.2 Å². The van der Waals surface area contributed by atoms with Crippen molar-refractivity contribution in [1.82, 2.24) is 0 Å². The maximum atomic E-state index is 11.5. The van der Waals surface area contributed by atoms with Crippen LogP contribution in [0.15, 0.2) is 30.3 Å². The van der Waals surface area contributed by atoms with E-state index in [0.717, 1.165) is 5.69 Å². The number of hydrogen-bond donors (Lipinski definition) is 1. The summed E-state index contributed by atoms with van der Waals surface area (Å²) in [6, 6.07) is 10.1. The molecule has 1 aliphatic rings. The number of nitrogens with zero attached hydrogens (tertiary/aromatic N) is 1. The Balaban J connectivity index is 2.48. The summed E-state index contributed by atoms with van der Waals surface area (Å²) in [6.45, 7) is 8.27. The molecular weight excluding hydrogens is 226 g/mol. The van der Waals surface area contributed by atoms with Gasteiger partial charge in [-0.25, -0.2) is 0 Å². The first-order chi connectivity index (χ1) is 8.27. The van der Waals surface area contributed by atoms with Crippen LogP contribution < -0.4 is 4.90 Å². The molecule has 0 aromatic heterocycles. The Kier molecular flexibility index (Phi) is 2.88. The second-order valence-corrected chi connectivity index (χ2v) is 6.23. The molecule has 0 saturated carbocycles. The van der Waals surface area contributed by atoms with Gasteiger partial charge in [0.25, 0.3) is 0 Å². The monoisotopic (exact) mass is 247 g/mol. The summed E-state index contributed by atoms with van der Waals surface area (Å²) >= 11 is 0. The number of rotatable bonds is 2. The van der Waals surface area contributed by atoms with Crippen molar-refractivity contribution in [2.24, 2.45) is 5.92 Å². The molecular formula is C15H21NO2. The van der Waals surface area contributed by atoms with Gasteiger partial charge in [-0.2, -0.15) is 0 Å². The summed E-state index contributed by atoms with van der Waals surface area (Å²) in [7, 11) is 0. The van der Waals surface area contributed by atoms with Crippen molar-refractivity contribution in [3.63, 3.8) is 0 Å². The summed E-state index contributed by atoms with van der Waals surface area (Å²) in [5.41, 5.74) is 0.571. The first-order valence-corrected chi connectivity index (χ1v) is 6.35. The van der Waals surface area contributed by atoms with Crippen LogP contribution in [0.3, 0.4) is 0 Å². The number of carboxylic acids is 1. The van der Waals surface area contributed by atoms with Gasteiger partial charge < -0.3 is 10.0 Å². The van der Waals surface area contributed by atoms with Gasteiger partial charge in [0.1, 0.15) is 0 Å². The average Bonchev–Trinajstić information content (AvgIpc) is 2.45. The third kappa shape index (κ3) is 1.88. The lowest BCUT2D eigenvalue weighted by Crippen LogP contribution is -2.51. The van der Waals surface area contributed by atoms with Gasteiger partial charge in [-0.15, -0.1) is 0 Å². The molecule has 1 aromatic rings. The molecule has 1 saturated heterocycles. The van der Waals surface area contributed by atoms with Gasteiger partial charge >= 0.3 is 5.97 Å². The van der Waals surface area contributed by atoms with Crippen molar-refractivity contribution in [2.75, 3.05) is 4.90 Å². The molecule has 1 fully saturated rings. The SMILES string of the molecule is CC1(C)CC(C(=O)O)C(C)(C)N1c1ccccc1. The van der Waals surface area contributed by atoms with Crippen LogP contribution in [0, 0.1) is 5.92 Å². The Morgan fingerprint density at radius 1 is 1.22 bits per heavy atom. The second kappa shape index (κ2) is 4.01. The Bertz CT molecular complexity index is 451. The second-order valence-electron chi connectivity index (χ2n) is 6.23. The van der Waals surface area contributed by atoms with Crippen LogP contribution >= 0.6 is 0 Å². The predicted molar refractivity (Wildman–Crippen MR) is 72.8 cm³/mol. The number of para-hydroxylation sites is 1. The van der Waals surface area contributed by atoms with Crippen molar-refractivity contribution in [3.05, 3.63) is 30.3 Å². The molecule has 0 bridgehead atoms. The molecule has 2 rings (SSSR count). The van der Waals surface area contributed by atoms with Gasteiger partial charge in [0.2, 0.25) is 0 Å². The van der Waals surface area contributed by atoms with Crippen molar-refractivity contribution >= 4 is 11.7 Å². The number of carboxylic acid groups (broad SMARTS) is 1. The first kappa shape index (κ1) is 12.9. The molecule has 3 nitrogen and oxygen atoms in total. The Morgan fingerprint density at radius 3 is 2.22 bits per heavy atom. The van der Waals surface area contributed by atoms with Gasteiger partial charge in [-0.05, 0) is 46.2 Å². The smallest absolute Gasteiger partial charge is 0.308 e. The van der Waals surface area contributed by atoms with Crippen LogP contribution in [0.25, 0.3) is 0 Å². The third-order valence-corrected chi connectivity index (χ3v) is 4.05. The van der Waals surface area contributed by atoms with E-state index in [4.69, 9.17) is 0 Å². The number of anilines is 1. The van der Waals surface area contributed by atoms with Crippen LogP contribution in [0.5, 0.6) is 0 Å². The lowest BCUT2D eigenvalue weighted by Gasteiger charge is -2.43. The van der Waals surface area contributed by atoms with E-state index in [1.807, 2.05) is 44.2 Å². The van der Waals surface area contributed by atoms with Crippen LogP contribution in [0.4, 0.5) is 5.69 Å². The van der Waals surface area contributed by atoms with Gasteiger partial charge in [0.15, 0.2) is 0 Å². The minimum Gasteiger partial charge on any atom is -0.481 e. The maximum absolute atomic E-state index is 11.5. The van der Waals surface area contributed by atoms with E-state index < -0.39 is 5.97 Å². The van der Waals surface area contributed by atoms with Crippen LogP contribution in [0.2, 0.25) is 0 Å². The molecule has 18 heavy (non-hydrogen) atoms. The minimum absolute atomic E-state index is 0.145. The Morgan fingerprint density at radius 2 is 1.78 bits per heavy atom. The highest BCUT2D eigenvalue weighted by Crippen LogP contribution is 2.47. The van der Waals surface area contributed by atoms with Gasteiger partial charge in [-0.1, -0.05) is 18.2 Å². The molecule has 1 N–H and O–H groups in total. The fraction of sp³-hybridized carbons (Fsp3) is 0.533. The lowest BCUT2D eigenvalue weighted by atomic mass is 9.87. The van der Waals surface area contributed by atoms with Crippen LogP contribution in [0.1, 0.15) is 34.1 Å². The van der Waals surface area contributed by atoms with Crippen molar-refractivity contribution < 1.29 is 9.90 Å². The Labute approximate surface area is 108 Å². The van der Waals surface area contributed by atoms with E-state index in [1.54, 1.807) is 0 Å². The summed E-state index contributed by atoms with van der Waals surface area (Å²) in [5.74, 6) is -1.04. The van der Waals surface area contributed by atoms with Crippen molar-refractivity contribution in [1.29, 1.82) is 0 Å². The van der Waals surface area contributed by atoms with Crippen LogP contribution in [-0.2, 0) is 4.79 Å². The lowest BCUT2D eigenvalue weighted by molar-refractivity contribution is -0.143. The van der Waals surface area contributed by atoms with Gasteiger partial charge in [0.05, 0.1) is 5.92 Å². The zero-order valence-corrected chi connectivity index (χ0v) is 11.5.